The third-order valence-corrected chi connectivity index (χ3v) is 6.46. The molecular weight excluding hydrogens is 456 g/mol. The molecule has 1 aliphatic heterocycles. The number of hydrogen-bond acceptors (Lipinski definition) is 6. The van der Waals surface area contributed by atoms with Gasteiger partial charge in [-0.2, -0.15) is 0 Å². The summed E-state index contributed by atoms with van der Waals surface area (Å²) in [6.07, 6.45) is 2.60. The fraction of sp³-hybridized carbons (Fsp3) is 0.200. The van der Waals surface area contributed by atoms with E-state index in [1.165, 1.54) is 6.07 Å². The maximum atomic E-state index is 12.8. The summed E-state index contributed by atoms with van der Waals surface area (Å²) in [7, 11) is -3.48. The van der Waals surface area contributed by atoms with E-state index in [9.17, 15) is 18.0 Å². The minimum Gasteiger partial charge on any atom is -0.492 e. The van der Waals surface area contributed by atoms with Gasteiger partial charge >= 0.3 is 5.63 Å². The molecule has 9 heteroatoms. The number of benzene rings is 2. The predicted octanol–water partition coefficient (Wildman–Crippen LogP) is 3.86. The SMILES string of the molecule is CC1(C)COc2c(-c3ccc[nH]c3=O)cc(-c3cc4ccc(NS(C)(=O)=O)cc4c(=O)o3)cc21. The molecule has 1 aliphatic rings. The summed E-state index contributed by atoms with van der Waals surface area (Å²) in [6.45, 7) is 4.56. The van der Waals surface area contributed by atoms with Gasteiger partial charge in [0, 0.05) is 34.0 Å². The Morgan fingerprint density at radius 2 is 1.82 bits per heavy atom. The standard InChI is InChI=1S/C25H22N2O6S/c1-25(2)13-32-22-19(17-5-4-8-26-23(17)28)9-15(10-20(22)25)21-11-14-6-7-16(27-34(3,30)31)12-18(14)24(29)33-21/h4-12,27H,13H2,1-3H3,(H,26,28). The largest absolute Gasteiger partial charge is 0.492 e. The number of sulfonamides is 1. The molecule has 2 aromatic heterocycles. The first kappa shape index (κ1) is 22.0. The normalized spacial score (nSPS) is 14.6. The molecule has 0 atom stereocenters. The van der Waals surface area contributed by atoms with Gasteiger partial charge in [-0.3, -0.25) is 9.52 Å². The van der Waals surface area contributed by atoms with Gasteiger partial charge in [0.15, 0.2) is 0 Å². The molecule has 0 radical (unpaired) electrons. The van der Waals surface area contributed by atoms with Crippen molar-refractivity contribution >= 4 is 26.5 Å². The van der Waals surface area contributed by atoms with Gasteiger partial charge in [0.2, 0.25) is 10.0 Å². The second kappa shape index (κ2) is 7.59. The Balaban J connectivity index is 1.71. The van der Waals surface area contributed by atoms with Crippen molar-refractivity contribution in [1.29, 1.82) is 0 Å². The number of ether oxygens (including phenoxy) is 1. The van der Waals surface area contributed by atoms with E-state index < -0.39 is 15.6 Å². The van der Waals surface area contributed by atoms with E-state index in [0.29, 0.717) is 40.2 Å². The summed E-state index contributed by atoms with van der Waals surface area (Å²) in [5, 5.41) is 0.849. The smallest absolute Gasteiger partial charge is 0.344 e. The van der Waals surface area contributed by atoms with Crippen LogP contribution in [0.1, 0.15) is 19.4 Å². The van der Waals surface area contributed by atoms with E-state index in [-0.39, 0.29) is 22.0 Å². The van der Waals surface area contributed by atoms with Crippen molar-refractivity contribution in [2.45, 2.75) is 19.3 Å². The number of hydrogen-bond donors (Lipinski definition) is 2. The zero-order valence-electron chi connectivity index (χ0n) is 18.8. The highest BCUT2D eigenvalue weighted by atomic mass is 32.2. The number of nitrogens with one attached hydrogen (secondary N) is 2. The van der Waals surface area contributed by atoms with Gasteiger partial charge in [-0.15, -0.1) is 0 Å². The molecule has 0 fully saturated rings. The van der Waals surface area contributed by atoms with Gasteiger partial charge < -0.3 is 14.1 Å². The van der Waals surface area contributed by atoms with Crippen LogP contribution >= 0.6 is 0 Å². The molecule has 0 amide bonds. The van der Waals surface area contributed by atoms with Crippen molar-refractivity contribution in [3.8, 4) is 28.2 Å². The van der Waals surface area contributed by atoms with Gasteiger partial charge in [0.1, 0.15) is 11.5 Å². The maximum absolute atomic E-state index is 12.8. The van der Waals surface area contributed by atoms with Crippen LogP contribution in [0.25, 0.3) is 33.2 Å². The van der Waals surface area contributed by atoms with Crippen molar-refractivity contribution in [3.63, 3.8) is 0 Å². The molecule has 0 unspecified atom stereocenters. The lowest BCUT2D eigenvalue weighted by Crippen LogP contribution is -2.18. The van der Waals surface area contributed by atoms with Crippen molar-refractivity contribution in [2.24, 2.45) is 0 Å². The van der Waals surface area contributed by atoms with Crippen LogP contribution < -0.4 is 20.6 Å². The van der Waals surface area contributed by atoms with Crippen LogP contribution in [0.4, 0.5) is 5.69 Å². The Hall–Kier alpha value is -3.85. The Morgan fingerprint density at radius 1 is 1.03 bits per heavy atom. The van der Waals surface area contributed by atoms with Gasteiger partial charge in [0.25, 0.3) is 5.56 Å². The Labute approximate surface area is 195 Å². The van der Waals surface area contributed by atoms with Crippen LogP contribution in [0.2, 0.25) is 0 Å². The number of fused-ring (bicyclic) bond motifs is 2. The zero-order valence-corrected chi connectivity index (χ0v) is 19.6. The first-order valence-electron chi connectivity index (χ1n) is 10.6. The second-order valence-electron chi connectivity index (χ2n) is 9.06. The van der Waals surface area contributed by atoms with Crippen LogP contribution in [0.3, 0.4) is 0 Å². The molecule has 0 aliphatic carbocycles. The lowest BCUT2D eigenvalue weighted by atomic mass is 9.84. The van der Waals surface area contributed by atoms with Crippen LogP contribution in [-0.2, 0) is 15.4 Å². The zero-order chi connectivity index (χ0) is 24.3. The summed E-state index contributed by atoms with van der Waals surface area (Å²) in [4.78, 5) is 28.1. The van der Waals surface area contributed by atoms with E-state index in [4.69, 9.17) is 9.15 Å². The van der Waals surface area contributed by atoms with Gasteiger partial charge in [-0.05, 0) is 47.9 Å². The van der Waals surface area contributed by atoms with E-state index in [1.54, 1.807) is 42.6 Å². The maximum Gasteiger partial charge on any atom is 0.344 e. The minimum absolute atomic E-state index is 0.249. The van der Waals surface area contributed by atoms with Crippen molar-refractivity contribution < 1.29 is 17.6 Å². The molecule has 2 aromatic carbocycles. The fourth-order valence-corrected chi connectivity index (χ4v) is 4.75. The number of H-pyrrole nitrogens is 1. The van der Waals surface area contributed by atoms with Crippen molar-refractivity contribution in [3.05, 3.63) is 81.1 Å². The summed E-state index contributed by atoms with van der Waals surface area (Å²) < 4.78 is 37.1. The molecule has 0 saturated heterocycles. The summed E-state index contributed by atoms with van der Waals surface area (Å²) >= 11 is 0. The highest BCUT2D eigenvalue weighted by Crippen LogP contribution is 2.46. The van der Waals surface area contributed by atoms with E-state index in [1.807, 2.05) is 6.07 Å². The monoisotopic (exact) mass is 478 g/mol. The first-order valence-corrected chi connectivity index (χ1v) is 12.5. The quantitative estimate of drug-likeness (QED) is 0.460. The number of aromatic nitrogens is 1. The lowest BCUT2D eigenvalue weighted by Gasteiger charge is -2.17. The molecule has 4 aromatic rings. The predicted molar refractivity (Wildman–Crippen MR) is 131 cm³/mol. The molecule has 174 valence electrons. The van der Waals surface area contributed by atoms with Gasteiger partial charge in [0.05, 0.1) is 23.8 Å². The Kier molecular flexibility index (Phi) is 4.91. The van der Waals surface area contributed by atoms with Crippen LogP contribution in [0.15, 0.2) is 68.7 Å². The number of aromatic amines is 1. The fourth-order valence-electron chi connectivity index (χ4n) is 4.20. The third-order valence-electron chi connectivity index (χ3n) is 5.85. The van der Waals surface area contributed by atoms with Gasteiger partial charge in [-0.25, -0.2) is 13.2 Å². The molecule has 0 bridgehead atoms. The highest BCUT2D eigenvalue weighted by Gasteiger charge is 2.35. The van der Waals surface area contributed by atoms with Crippen LogP contribution in [-0.4, -0.2) is 26.3 Å². The van der Waals surface area contributed by atoms with Crippen LogP contribution in [0.5, 0.6) is 5.75 Å². The van der Waals surface area contributed by atoms with E-state index >= 15 is 0 Å². The lowest BCUT2D eigenvalue weighted by molar-refractivity contribution is 0.292. The molecule has 8 nitrogen and oxygen atoms in total. The molecule has 5 rings (SSSR count). The average Bonchev–Trinajstić information content (AvgIpc) is 3.07. The van der Waals surface area contributed by atoms with Crippen molar-refractivity contribution in [2.75, 3.05) is 17.6 Å². The van der Waals surface area contributed by atoms with E-state index in [2.05, 4.69) is 23.6 Å². The van der Waals surface area contributed by atoms with Gasteiger partial charge in [-0.1, -0.05) is 19.9 Å². The molecule has 34 heavy (non-hydrogen) atoms. The number of pyridine rings is 1. The number of anilines is 1. The second-order valence-corrected chi connectivity index (χ2v) is 10.8. The van der Waals surface area contributed by atoms with Crippen molar-refractivity contribution in [1.82, 2.24) is 4.98 Å². The van der Waals surface area contributed by atoms with E-state index in [0.717, 1.165) is 11.8 Å². The highest BCUT2D eigenvalue weighted by molar-refractivity contribution is 7.92. The summed E-state index contributed by atoms with van der Waals surface area (Å²) in [5.74, 6) is 0.977. The first-order chi connectivity index (χ1) is 16.0. The number of rotatable bonds is 4. The molecule has 2 N–H and O–H groups in total. The Bertz CT molecular complexity index is 1680. The Morgan fingerprint density at radius 3 is 2.56 bits per heavy atom. The third kappa shape index (κ3) is 3.88. The average molecular weight is 479 g/mol. The molecule has 0 saturated carbocycles. The molecule has 0 spiro atoms. The molecule has 3 heterocycles. The topological polar surface area (TPSA) is 118 Å². The minimum atomic E-state index is -3.48. The van der Waals surface area contributed by atoms with Crippen LogP contribution in [0, 0.1) is 0 Å². The summed E-state index contributed by atoms with van der Waals surface area (Å²) in [5.41, 5.74) is 1.75. The molecular formula is C25H22N2O6S. The summed E-state index contributed by atoms with van der Waals surface area (Å²) in [6, 6.07) is 13.6.